The molecule has 0 saturated carbocycles. The molecule has 1 aliphatic heterocycles. The van der Waals surface area contributed by atoms with E-state index in [0.717, 1.165) is 6.20 Å². The molecule has 2 heterocycles. The van der Waals surface area contributed by atoms with Crippen molar-refractivity contribution in [2.75, 3.05) is 32.9 Å². The highest BCUT2D eigenvalue weighted by molar-refractivity contribution is 5.98. The summed E-state index contributed by atoms with van der Waals surface area (Å²) in [5, 5.41) is 11.0. The molecule has 1 aromatic heterocycles. The average Bonchev–Trinajstić information content (AvgIpc) is 2.79. The number of nitrogens with zero attached hydrogens (tertiary/aromatic N) is 4. The van der Waals surface area contributed by atoms with Crippen molar-refractivity contribution in [3.05, 3.63) is 27.9 Å². The molecule has 0 aliphatic carbocycles. The van der Waals surface area contributed by atoms with Crippen molar-refractivity contribution < 1.29 is 9.72 Å². The van der Waals surface area contributed by atoms with Crippen LogP contribution in [0, 0.1) is 16.0 Å². The number of hydrogen-bond donors (Lipinski definition) is 1. The number of likely N-dealkylation sites (tertiary alicyclic amines) is 1. The summed E-state index contributed by atoms with van der Waals surface area (Å²) < 4.78 is 0. The van der Waals surface area contributed by atoms with Crippen molar-refractivity contribution in [3.8, 4) is 0 Å². The number of pyridine rings is 1. The summed E-state index contributed by atoms with van der Waals surface area (Å²) >= 11 is 0. The maximum absolute atomic E-state index is 12.6. The van der Waals surface area contributed by atoms with E-state index >= 15 is 0 Å². The Morgan fingerprint density at radius 3 is 2.71 bits per heavy atom. The van der Waals surface area contributed by atoms with Gasteiger partial charge in [-0.15, -0.1) is 0 Å². The smallest absolute Gasteiger partial charge is 0.300 e. The van der Waals surface area contributed by atoms with Crippen LogP contribution in [0.25, 0.3) is 0 Å². The summed E-state index contributed by atoms with van der Waals surface area (Å²) in [4.78, 5) is 30.4. The molecule has 114 valence electrons. The lowest BCUT2D eigenvalue weighted by molar-refractivity contribution is -0.385. The van der Waals surface area contributed by atoms with Gasteiger partial charge >= 0.3 is 0 Å². The number of hydrogen-bond acceptors (Lipinski definition) is 6. The number of aromatic nitrogens is 1. The van der Waals surface area contributed by atoms with Gasteiger partial charge in [-0.05, 0) is 26.1 Å². The van der Waals surface area contributed by atoms with Crippen LogP contribution in [0.15, 0.2) is 12.3 Å². The molecule has 1 aliphatic rings. The highest BCUT2D eigenvalue weighted by Gasteiger charge is 2.36. The van der Waals surface area contributed by atoms with Gasteiger partial charge in [0.25, 0.3) is 11.6 Å². The Kier molecular flexibility index (Phi) is 4.08. The van der Waals surface area contributed by atoms with E-state index in [1.165, 1.54) is 6.07 Å². The first kappa shape index (κ1) is 15.2. The third-order valence-electron chi connectivity index (χ3n) is 3.85. The zero-order valence-corrected chi connectivity index (χ0v) is 12.3. The van der Waals surface area contributed by atoms with Gasteiger partial charge in [0.2, 0.25) is 0 Å². The SMILES string of the molecule is CC1CN(C(=O)c2cc(N)ncc2[N+](=O)[O-])CC1N(C)C. The number of amides is 1. The Labute approximate surface area is 122 Å². The van der Waals surface area contributed by atoms with Gasteiger partial charge in [0.05, 0.1) is 4.92 Å². The molecule has 8 nitrogen and oxygen atoms in total. The Morgan fingerprint density at radius 1 is 1.52 bits per heavy atom. The van der Waals surface area contributed by atoms with Crippen molar-refractivity contribution in [1.82, 2.24) is 14.8 Å². The normalized spacial score (nSPS) is 21.8. The van der Waals surface area contributed by atoms with Gasteiger partial charge in [-0.3, -0.25) is 14.9 Å². The molecule has 8 heteroatoms. The van der Waals surface area contributed by atoms with E-state index in [2.05, 4.69) is 16.8 Å². The molecule has 0 bridgehead atoms. The highest BCUT2D eigenvalue weighted by Crippen LogP contribution is 2.26. The fourth-order valence-electron chi connectivity index (χ4n) is 2.74. The number of rotatable bonds is 3. The second kappa shape index (κ2) is 5.65. The maximum atomic E-state index is 12.6. The van der Waals surface area contributed by atoms with Gasteiger partial charge < -0.3 is 15.5 Å². The molecule has 1 saturated heterocycles. The van der Waals surface area contributed by atoms with Gasteiger partial charge in [-0.2, -0.15) is 0 Å². The molecule has 0 radical (unpaired) electrons. The van der Waals surface area contributed by atoms with Gasteiger partial charge in [-0.1, -0.05) is 6.92 Å². The summed E-state index contributed by atoms with van der Waals surface area (Å²) in [6, 6.07) is 1.51. The number of anilines is 1. The van der Waals surface area contributed by atoms with E-state index in [1.54, 1.807) is 4.90 Å². The number of likely N-dealkylation sites (N-methyl/N-ethyl adjacent to an activating group) is 1. The van der Waals surface area contributed by atoms with Crippen LogP contribution in [0.3, 0.4) is 0 Å². The minimum atomic E-state index is -0.609. The lowest BCUT2D eigenvalue weighted by Crippen LogP contribution is -2.36. The Bertz CT molecular complexity index is 575. The minimum Gasteiger partial charge on any atom is -0.384 e. The third-order valence-corrected chi connectivity index (χ3v) is 3.85. The largest absolute Gasteiger partial charge is 0.384 e. The van der Waals surface area contributed by atoms with Crippen molar-refractivity contribution in [3.63, 3.8) is 0 Å². The first-order valence-electron chi connectivity index (χ1n) is 6.67. The molecule has 0 spiro atoms. The quantitative estimate of drug-likeness (QED) is 0.646. The zero-order chi connectivity index (χ0) is 15.7. The fraction of sp³-hybridized carbons (Fsp3) is 0.538. The summed E-state index contributed by atoms with van der Waals surface area (Å²) in [6.07, 6.45) is 1.03. The molecule has 21 heavy (non-hydrogen) atoms. The van der Waals surface area contributed by atoms with E-state index in [4.69, 9.17) is 5.73 Å². The van der Waals surface area contributed by atoms with E-state index in [1.807, 2.05) is 14.1 Å². The van der Waals surface area contributed by atoms with Gasteiger partial charge in [0, 0.05) is 19.1 Å². The fourth-order valence-corrected chi connectivity index (χ4v) is 2.74. The van der Waals surface area contributed by atoms with E-state index in [0.29, 0.717) is 19.0 Å². The van der Waals surface area contributed by atoms with Crippen LogP contribution < -0.4 is 5.73 Å². The first-order valence-corrected chi connectivity index (χ1v) is 6.67. The van der Waals surface area contributed by atoms with Crippen LogP contribution in [0.1, 0.15) is 17.3 Å². The third kappa shape index (κ3) is 2.94. The topological polar surface area (TPSA) is 106 Å². The number of nitrogens with two attached hydrogens (primary N) is 1. The minimum absolute atomic E-state index is 0.000828. The van der Waals surface area contributed by atoms with Gasteiger partial charge in [0.15, 0.2) is 0 Å². The van der Waals surface area contributed by atoms with Crippen LogP contribution >= 0.6 is 0 Å². The van der Waals surface area contributed by atoms with Crippen molar-refractivity contribution in [2.24, 2.45) is 5.92 Å². The Hall–Kier alpha value is -2.22. The zero-order valence-electron chi connectivity index (χ0n) is 12.3. The molecule has 0 aromatic carbocycles. The lowest BCUT2D eigenvalue weighted by Gasteiger charge is -2.22. The van der Waals surface area contributed by atoms with E-state index < -0.39 is 4.92 Å². The monoisotopic (exact) mass is 293 g/mol. The molecular formula is C13H19N5O3. The molecule has 1 amide bonds. The predicted molar refractivity (Wildman–Crippen MR) is 77.8 cm³/mol. The highest BCUT2D eigenvalue weighted by atomic mass is 16.6. The molecule has 1 aromatic rings. The van der Waals surface area contributed by atoms with E-state index in [-0.39, 0.29) is 29.0 Å². The van der Waals surface area contributed by atoms with Crippen LogP contribution in [0.5, 0.6) is 0 Å². The summed E-state index contributed by atoms with van der Waals surface area (Å²) in [6.45, 7) is 3.18. The van der Waals surface area contributed by atoms with Gasteiger partial charge in [0.1, 0.15) is 17.6 Å². The second-order valence-corrected chi connectivity index (χ2v) is 5.60. The van der Waals surface area contributed by atoms with Crippen LogP contribution in [-0.2, 0) is 0 Å². The Morgan fingerprint density at radius 2 is 2.19 bits per heavy atom. The molecule has 1 fully saturated rings. The first-order chi connectivity index (χ1) is 9.81. The Balaban J connectivity index is 2.29. The number of carbonyl (C=O) groups is 1. The van der Waals surface area contributed by atoms with Crippen molar-refractivity contribution in [1.29, 1.82) is 0 Å². The van der Waals surface area contributed by atoms with Crippen LogP contribution in [0.4, 0.5) is 11.5 Å². The van der Waals surface area contributed by atoms with Crippen molar-refractivity contribution >= 4 is 17.4 Å². The molecule has 2 rings (SSSR count). The number of carbonyl (C=O) groups excluding carboxylic acids is 1. The van der Waals surface area contributed by atoms with Gasteiger partial charge in [-0.25, -0.2) is 4.98 Å². The standard InChI is InChI=1S/C13H19N5O3/c1-8-6-17(7-11(8)16(2)3)13(19)9-4-12(14)15-5-10(9)18(20)21/h4-5,8,11H,6-7H2,1-3H3,(H2,14,15). The number of nitro groups is 1. The molecule has 2 unspecified atom stereocenters. The lowest BCUT2D eigenvalue weighted by atomic mass is 10.1. The average molecular weight is 293 g/mol. The van der Waals surface area contributed by atoms with Crippen LogP contribution in [0.2, 0.25) is 0 Å². The summed E-state index contributed by atoms with van der Waals surface area (Å²) in [5.74, 6) is 0.0366. The second-order valence-electron chi connectivity index (χ2n) is 5.60. The van der Waals surface area contributed by atoms with Crippen molar-refractivity contribution in [2.45, 2.75) is 13.0 Å². The number of nitrogen functional groups attached to an aromatic ring is 1. The molecule has 2 atom stereocenters. The molecular weight excluding hydrogens is 274 g/mol. The summed E-state index contributed by atoms with van der Waals surface area (Å²) in [7, 11) is 3.92. The maximum Gasteiger partial charge on any atom is 0.300 e. The van der Waals surface area contributed by atoms with E-state index in [9.17, 15) is 14.9 Å². The molecule has 2 N–H and O–H groups in total. The van der Waals surface area contributed by atoms with Crippen LogP contribution in [-0.4, -0.2) is 58.8 Å². The predicted octanol–water partition coefficient (Wildman–Crippen LogP) is 0.594. The summed E-state index contributed by atoms with van der Waals surface area (Å²) in [5.41, 5.74) is 5.24.